The Kier molecular flexibility index (Phi) is 7.23. The molecular formula is C23H24N4O2. The average Bonchev–Trinajstić information content (AvgIpc) is 2.78. The fourth-order valence-electron chi connectivity index (χ4n) is 2.77. The number of hydrogen-bond acceptors (Lipinski definition) is 2. The molecule has 3 rings (SSSR count). The molecule has 0 fully saturated rings. The molecular weight excluding hydrogens is 364 g/mol. The second-order valence-corrected chi connectivity index (χ2v) is 6.47. The van der Waals surface area contributed by atoms with Gasteiger partial charge in [0.25, 0.3) is 0 Å². The van der Waals surface area contributed by atoms with Crippen molar-refractivity contribution in [1.29, 1.82) is 0 Å². The summed E-state index contributed by atoms with van der Waals surface area (Å²) in [6.45, 7) is 0.794. The van der Waals surface area contributed by atoms with Crippen LogP contribution in [0.15, 0.2) is 91.0 Å². The zero-order valence-corrected chi connectivity index (χ0v) is 16.0. The Balaban J connectivity index is 1.57. The fourth-order valence-corrected chi connectivity index (χ4v) is 2.77. The van der Waals surface area contributed by atoms with Crippen molar-refractivity contribution >= 4 is 12.1 Å². The van der Waals surface area contributed by atoms with Gasteiger partial charge in [-0.05, 0) is 16.7 Å². The molecule has 0 atom stereocenters. The van der Waals surface area contributed by atoms with Crippen molar-refractivity contribution < 1.29 is 9.59 Å². The van der Waals surface area contributed by atoms with E-state index in [1.54, 1.807) is 0 Å². The highest BCUT2D eigenvalue weighted by atomic mass is 16.2. The molecule has 0 aliphatic rings. The molecule has 0 unspecified atom stereocenters. The van der Waals surface area contributed by atoms with Gasteiger partial charge in [-0.3, -0.25) is 0 Å². The van der Waals surface area contributed by atoms with Crippen molar-refractivity contribution in [2.45, 2.75) is 19.3 Å². The molecule has 0 spiro atoms. The zero-order valence-electron chi connectivity index (χ0n) is 16.0. The maximum atomic E-state index is 12.4. The van der Waals surface area contributed by atoms with Crippen LogP contribution in [0.5, 0.6) is 0 Å². The maximum absolute atomic E-state index is 12.4. The minimum Gasteiger partial charge on any atom is -0.334 e. The van der Waals surface area contributed by atoms with Crippen LogP contribution in [-0.4, -0.2) is 12.1 Å². The van der Waals surface area contributed by atoms with Gasteiger partial charge in [-0.2, -0.15) is 0 Å². The molecule has 3 aromatic carbocycles. The Hall–Kier alpha value is -3.80. The van der Waals surface area contributed by atoms with Crippen molar-refractivity contribution in [1.82, 2.24) is 21.3 Å². The van der Waals surface area contributed by atoms with Crippen molar-refractivity contribution in [3.8, 4) is 0 Å². The van der Waals surface area contributed by atoms with Crippen LogP contribution in [0.4, 0.5) is 9.59 Å². The molecule has 0 aromatic heterocycles. The molecule has 0 aliphatic heterocycles. The number of rotatable bonds is 7. The Bertz CT molecular complexity index is 844. The molecule has 0 bridgehead atoms. The standard InChI is InChI=1S/C23H24N4O2/c28-22(24-16-18-10-4-1-5-11-18)26-21(20-14-8-3-9-15-20)27-23(29)25-17-19-12-6-2-7-13-19/h1-15,21H,16-17H2,(H2,24,26,28)(H2,25,27,29). The summed E-state index contributed by atoms with van der Waals surface area (Å²) < 4.78 is 0. The molecule has 3 aromatic rings. The smallest absolute Gasteiger partial charge is 0.316 e. The number of amides is 4. The number of nitrogens with one attached hydrogen (secondary N) is 4. The number of hydrogen-bond donors (Lipinski definition) is 4. The first-order valence-corrected chi connectivity index (χ1v) is 9.42. The Morgan fingerprint density at radius 2 is 0.966 bits per heavy atom. The van der Waals surface area contributed by atoms with E-state index in [-0.39, 0.29) is 12.1 Å². The first-order chi connectivity index (χ1) is 14.2. The van der Waals surface area contributed by atoms with E-state index in [0.717, 1.165) is 16.7 Å². The summed E-state index contributed by atoms with van der Waals surface area (Å²) in [7, 11) is 0. The first kappa shape index (κ1) is 19.9. The van der Waals surface area contributed by atoms with Gasteiger partial charge < -0.3 is 21.3 Å². The zero-order chi connectivity index (χ0) is 20.3. The van der Waals surface area contributed by atoms with Crippen LogP contribution < -0.4 is 21.3 Å². The van der Waals surface area contributed by atoms with E-state index >= 15 is 0 Å². The third-order valence-electron chi connectivity index (χ3n) is 4.28. The monoisotopic (exact) mass is 388 g/mol. The molecule has 6 heteroatoms. The molecule has 148 valence electrons. The first-order valence-electron chi connectivity index (χ1n) is 9.42. The lowest BCUT2D eigenvalue weighted by Gasteiger charge is -2.21. The van der Waals surface area contributed by atoms with Gasteiger partial charge in [-0.15, -0.1) is 0 Å². The van der Waals surface area contributed by atoms with E-state index in [2.05, 4.69) is 21.3 Å². The van der Waals surface area contributed by atoms with Gasteiger partial charge in [0.15, 0.2) is 0 Å². The maximum Gasteiger partial charge on any atom is 0.316 e. The van der Waals surface area contributed by atoms with Gasteiger partial charge >= 0.3 is 12.1 Å². The predicted molar refractivity (Wildman–Crippen MR) is 113 cm³/mol. The van der Waals surface area contributed by atoms with Crippen molar-refractivity contribution in [3.05, 3.63) is 108 Å². The van der Waals surface area contributed by atoms with Gasteiger partial charge in [0.05, 0.1) is 0 Å². The summed E-state index contributed by atoms with van der Waals surface area (Å²) in [5, 5.41) is 11.2. The molecule has 0 heterocycles. The highest BCUT2D eigenvalue weighted by Gasteiger charge is 2.16. The summed E-state index contributed by atoms with van der Waals surface area (Å²) in [6, 6.07) is 27.8. The van der Waals surface area contributed by atoms with E-state index in [1.165, 1.54) is 0 Å². The minimum absolute atomic E-state index is 0.369. The van der Waals surface area contributed by atoms with Gasteiger partial charge in [0.1, 0.15) is 6.17 Å². The number of benzene rings is 3. The Morgan fingerprint density at radius 1 is 0.586 bits per heavy atom. The average molecular weight is 388 g/mol. The SMILES string of the molecule is O=C(NCc1ccccc1)NC(NC(=O)NCc1ccccc1)c1ccccc1. The van der Waals surface area contributed by atoms with Crippen LogP contribution in [0.2, 0.25) is 0 Å². The lowest BCUT2D eigenvalue weighted by atomic mass is 10.2. The van der Waals surface area contributed by atoms with Crippen molar-refractivity contribution in [2.24, 2.45) is 0 Å². The van der Waals surface area contributed by atoms with Gasteiger partial charge in [-0.25, -0.2) is 9.59 Å². The van der Waals surface area contributed by atoms with E-state index < -0.39 is 6.17 Å². The van der Waals surface area contributed by atoms with Crippen molar-refractivity contribution in [3.63, 3.8) is 0 Å². The lowest BCUT2D eigenvalue weighted by Crippen LogP contribution is -2.47. The summed E-state index contributed by atoms with van der Waals surface area (Å²) in [5.41, 5.74) is 2.76. The molecule has 4 amide bonds. The van der Waals surface area contributed by atoms with Crippen LogP contribution >= 0.6 is 0 Å². The predicted octanol–water partition coefficient (Wildman–Crippen LogP) is 3.68. The summed E-state index contributed by atoms with van der Waals surface area (Å²) >= 11 is 0. The summed E-state index contributed by atoms with van der Waals surface area (Å²) in [6.07, 6.45) is -0.664. The minimum atomic E-state index is -0.664. The molecule has 0 saturated heterocycles. The van der Waals surface area contributed by atoms with Crippen molar-refractivity contribution in [2.75, 3.05) is 0 Å². The third kappa shape index (κ3) is 6.70. The second-order valence-electron chi connectivity index (χ2n) is 6.47. The molecule has 4 N–H and O–H groups in total. The summed E-state index contributed by atoms with van der Waals surface area (Å²) in [4.78, 5) is 24.7. The van der Waals surface area contributed by atoms with E-state index in [1.807, 2.05) is 91.0 Å². The summed E-state index contributed by atoms with van der Waals surface area (Å²) in [5.74, 6) is 0. The Morgan fingerprint density at radius 3 is 1.38 bits per heavy atom. The lowest BCUT2D eigenvalue weighted by molar-refractivity contribution is 0.225. The number of urea groups is 2. The van der Waals surface area contributed by atoms with Gasteiger partial charge in [-0.1, -0.05) is 91.0 Å². The highest BCUT2D eigenvalue weighted by molar-refractivity contribution is 5.77. The van der Waals surface area contributed by atoms with Crippen LogP contribution in [0.3, 0.4) is 0 Å². The largest absolute Gasteiger partial charge is 0.334 e. The molecule has 29 heavy (non-hydrogen) atoms. The highest BCUT2D eigenvalue weighted by Crippen LogP contribution is 2.09. The van der Waals surface area contributed by atoms with Crippen LogP contribution in [0.25, 0.3) is 0 Å². The normalized spacial score (nSPS) is 10.2. The number of carbonyl (C=O) groups is 2. The van der Waals surface area contributed by atoms with E-state index in [0.29, 0.717) is 13.1 Å². The molecule has 6 nitrogen and oxygen atoms in total. The molecule has 0 radical (unpaired) electrons. The van der Waals surface area contributed by atoms with Gasteiger partial charge in [0.2, 0.25) is 0 Å². The second kappa shape index (κ2) is 10.5. The topological polar surface area (TPSA) is 82.3 Å². The molecule has 0 aliphatic carbocycles. The number of carbonyl (C=O) groups excluding carboxylic acids is 2. The van der Waals surface area contributed by atoms with E-state index in [9.17, 15) is 9.59 Å². The van der Waals surface area contributed by atoms with Gasteiger partial charge in [0, 0.05) is 13.1 Å². The third-order valence-corrected chi connectivity index (χ3v) is 4.28. The van der Waals surface area contributed by atoms with E-state index in [4.69, 9.17) is 0 Å². The Labute approximate surface area is 170 Å². The van der Waals surface area contributed by atoms with Crippen LogP contribution in [-0.2, 0) is 13.1 Å². The quantitative estimate of drug-likeness (QED) is 0.466. The fraction of sp³-hybridized carbons (Fsp3) is 0.130. The van der Waals surface area contributed by atoms with Crippen LogP contribution in [0, 0.1) is 0 Å². The molecule has 0 saturated carbocycles. The van der Waals surface area contributed by atoms with Crippen LogP contribution in [0.1, 0.15) is 22.9 Å².